The lowest BCUT2D eigenvalue weighted by Crippen LogP contribution is -2.31. The van der Waals surface area contributed by atoms with Crippen molar-refractivity contribution < 1.29 is 14.3 Å². The molecule has 0 unspecified atom stereocenters. The molecule has 3 amide bonds. The third-order valence-electron chi connectivity index (χ3n) is 4.55. The fourth-order valence-electron chi connectivity index (χ4n) is 3.13. The Balaban J connectivity index is 1.64. The Bertz CT molecular complexity index is 1020. The lowest BCUT2D eigenvalue weighted by Gasteiger charge is -2.14. The number of pyridine rings is 1. The Hall–Kier alpha value is -3.67. The van der Waals surface area contributed by atoms with Gasteiger partial charge in [0.15, 0.2) is 0 Å². The van der Waals surface area contributed by atoms with Gasteiger partial charge in [0.05, 0.1) is 0 Å². The van der Waals surface area contributed by atoms with Gasteiger partial charge < -0.3 is 10.1 Å². The average molecular weight is 373 g/mol. The number of hydrogen-bond donors (Lipinski definition) is 1. The minimum Gasteiger partial charge on any atom is -0.438 e. The van der Waals surface area contributed by atoms with E-state index in [1.54, 1.807) is 18.2 Å². The molecule has 4 rings (SSSR count). The number of hydrogen-bond acceptors (Lipinski definition) is 4. The molecule has 0 spiro atoms. The molecule has 1 aliphatic heterocycles. The van der Waals surface area contributed by atoms with E-state index in [1.807, 2.05) is 61.5 Å². The van der Waals surface area contributed by atoms with Crippen molar-refractivity contribution >= 4 is 17.8 Å². The maximum atomic E-state index is 12.4. The SMILES string of the molecule is CC[C@H]1NC(=O)N(c2cccc(Oc3ccccc3-c3ccccc3)n2)C1=O. The molecular weight excluding hydrogens is 354 g/mol. The van der Waals surface area contributed by atoms with Crippen molar-refractivity contribution in [3.63, 3.8) is 0 Å². The van der Waals surface area contributed by atoms with E-state index in [4.69, 9.17) is 4.74 Å². The number of carbonyl (C=O) groups excluding carboxylic acids is 2. The number of imide groups is 1. The van der Waals surface area contributed by atoms with Gasteiger partial charge in [-0.15, -0.1) is 0 Å². The summed E-state index contributed by atoms with van der Waals surface area (Å²) < 4.78 is 6.01. The van der Waals surface area contributed by atoms with Gasteiger partial charge in [-0.25, -0.2) is 9.69 Å². The molecule has 1 N–H and O–H groups in total. The molecule has 0 saturated carbocycles. The molecule has 3 aromatic rings. The highest BCUT2D eigenvalue weighted by Crippen LogP contribution is 2.33. The first-order valence-corrected chi connectivity index (χ1v) is 9.11. The topological polar surface area (TPSA) is 71.5 Å². The number of carbonyl (C=O) groups is 2. The molecule has 0 radical (unpaired) electrons. The van der Waals surface area contributed by atoms with Crippen LogP contribution in [0.1, 0.15) is 13.3 Å². The second-order valence-electron chi connectivity index (χ2n) is 6.38. The predicted octanol–water partition coefficient (Wildman–Crippen LogP) is 4.38. The van der Waals surface area contributed by atoms with Crippen LogP contribution in [0, 0.1) is 0 Å². The summed E-state index contributed by atoms with van der Waals surface area (Å²) in [6.07, 6.45) is 0.529. The predicted molar refractivity (Wildman–Crippen MR) is 106 cm³/mol. The number of nitrogens with zero attached hydrogens (tertiary/aromatic N) is 2. The van der Waals surface area contributed by atoms with E-state index in [1.165, 1.54) is 0 Å². The van der Waals surface area contributed by atoms with Crippen LogP contribution in [0.4, 0.5) is 10.6 Å². The van der Waals surface area contributed by atoms with E-state index >= 15 is 0 Å². The molecule has 0 bridgehead atoms. The Labute approximate surface area is 162 Å². The number of urea groups is 1. The maximum Gasteiger partial charge on any atom is 0.330 e. The zero-order chi connectivity index (χ0) is 19.5. The molecule has 6 nitrogen and oxygen atoms in total. The molecule has 1 saturated heterocycles. The Morgan fingerprint density at radius 3 is 2.46 bits per heavy atom. The van der Waals surface area contributed by atoms with E-state index in [9.17, 15) is 9.59 Å². The summed E-state index contributed by atoms with van der Waals surface area (Å²) in [5.74, 6) is 0.887. The first-order chi connectivity index (χ1) is 13.7. The highest BCUT2D eigenvalue weighted by atomic mass is 16.5. The van der Waals surface area contributed by atoms with E-state index in [2.05, 4.69) is 10.3 Å². The van der Waals surface area contributed by atoms with Gasteiger partial charge in [0, 0.05) is 11.6 Å². The van der Waals surface area contributed by atoms with Crippen LogP contribution < -0.4 is 15.0 Å². The summed E-state index contributed by atoms with van der Waals surface area (Å²) in [5, 5.41) is 2.66. The number of amides is 3. The number of nitrogens with one attached hydrogen (secondary N) is 1. The minimum absolute atomic E-state index is 0.244. The summed E-state index contributed by atoms with van der Waals surface area (Å²) in [6.45, 7) is 1.85. The lowest BCUT2D eigenvalue weighted by atomic mass is 10.1. The highest BCUT2D eigenvalue weighted by Gasteiger charge is 2.38. The quantitative estimate of drug-likeness (QED) is 0.674. The number of aromatic nitrogens is 1. The number of ether oxygens (including phenoxy) is 1. The smallest absolute Gasteiger partial charge is 0.330 e. The van der Waals surface area contributed by atoms with Crippen LogP contribution >= 0.6 is 0 Å². The summed E-state index contributed by atoms with van der Waals surface area (Å²) in [7, 11) is 0. The third-order valence-corrected chi connectivity index (χ3v) is 4.55. The van der Waals surface area contributed by atoms with Gasteiger partial charge in [0.25, 0.3) is 5.91 Å². The molecule has 1 atom stereocenters. The largest absolute Gasteiger partial charge is 0.438 e. The second kappa shape index (κ2) is 7.52. The van der Waals surface area contributed by atoms with Crippen LogP contribution in [0.5, 0.6) is 11.6 Å². The standard InChI is InChI=1S/C22H19N3O3/c1-2-17-21(26)25(22(27)23-17)19-13-8-14-20(24-19)28-18-12-7-6-11-16(18)15-9-4-3-5-10-15/h3-14,17H,2H2,1H3,(H,23,27)/t17-/m1/s1. The fraction of sp³-hybridized carbons (Fsp3) is 0.136. The van der Waals surface area contributed by atoms with Crippen LogP contribution in [0.25, 0.3) is 11.1 Å². The number of rotatable bonds is 5. The lowest BCUT2D eigenvalue weighted by molar-refractivity contribution is -0.118. The van der Waals surface area contributed by atoms with Gasteiger partial charge in [0.2, 0.25) is 5.88 Å². The molecule has 28 heavy (non-hydrogen) atoms. The molecule has 6 heteroatoms. The third kappa shape index (κ3) is 3.32. The van der Waals surface area contributed by atoms with Crippen LogP contribution in [-0.2, 0) is 4.79 Å². The van der Waals surface area contributed by atoms with Crippen LogP contribution in [-0.4, -0.2) is 23.0 Å². The molecule has 1 aliphatic rings. The highest BCUT2D eigenvalue weighted by molar-refractivity contribution is 6.20. The molecule has 0 aliphatic carbocycles. The van der Waals surface area contributed by atoms with Crippen molar-refractivity contribution in [1.82, 2.24) is 10.3 Å². The van der Waals surface area contributed by atoms with E-state index in [-0.39, 0.29) is 11.7 Å². The number of anilines is 1. The maximum absolute atomic E-state index is 12.4. The van der Waals surface area contributed by atoms with Crippen LogP contribution in [0.15, 0.2) is 72.8 Å². The molecule has 140 valence electrons. The molecule has 1 fully saturated rings. The minimum atomic E-state index is -0.516. The molecule has 1 aromatic heterocycles. The van der Waals surface area contributed by atoms with Gasteiger partial charge in [-0.1, -0.05) is 61.5 Å². The van der Waals surface area contributed by atoms with E-state index in [0.29, 0.717) is 18.1 Å². The van der Waals surface area contributed by atoms with Crippen molar-refractivity contribution in [2.75, 3.05) is 4.90 Å². The molecular formula is C22H19N3O3. The van der Waals surface area contributed by atoms with Crippen molar-refractivity contribution in [3.8, 4) is 22.8 Å². The van der Waals surface area contributed by atoms with Crippen molar-refractivity contribution in [1.29, 1.82) is 0 Å². The fourth-order valence-corrected chi connectivity index (χ4v) is 3.13. The average Bonchev–Trinajstić information content (AvgIpc) is 3.02. The molecule has 2 aromatic carbocycles. The number of para-hydroxylation sites is 1. The van der Waals surface area contributed by atoms with Crippen LogP contribution in [0.2, 0.25) is 0 Å². The summed E-state index contributed by atoms with van der Waals surface area (Å²) in [5.41, 5.74) is 1.95. The Morgan fingerprint density at radius 1 is 0.964 bits per heavy atom. The summed E-state index contributed by atoms with van der Waals surface area (Å²) in [6, 6.07) is 21.6. The van der Waals surface area contributed by atoms with Crippen molar-refractivity contribution in [3.05, 3.63) is 72.8 Å². The first-order valence-electron chi connectivity index (χ1n) is 9.11. The Kier molecular flexibility index (Phi) is 4.76. The van der Waals surface area contributed by atoms with Gasteiger partial charge in [-0.05, 0) is 24.1 Å². The molecule has 2 heterocycles. The second-order valence-corrected chi connectivity index (χ2v) is 6.38. The normalized spacial score (nSPS) is 16.2. The summed E-state index contributed by atoms with van der Waals surface area (Å²) in [4.78, 5) is 30.0. The number of benzene rings is 2. The first kappa shape index (κ1) is 17.7. The van der Waals surface area contributed by atoms with Gasteiger partial charge in [0.1, 0.15) is 17.6 Å². The van der Waals surface area contributed by atoms with Crippen molar-refractivity contribution in [2.45, 2.75) is 19.4 Å². The van der Waals surface area contributed by atoms with Crippen LogP contribution in [0.3, 0.4) is 0 Å². The van der Waals surface area contributed by atoms with Gasteiger partial charge >= 0.3 is 6.03 Å². The zero-order valence-corrected chi connectivity index (χ0v) is 15.3. The Morgan fingerprint density at radius 2 is 1.71 bits per heavy atom. The summed E-state index contributed by atoms with van der Waals surface area (Å²) >= 11 is 0. The van der Waals surface area contributed by atoms with E-state index in [0.717, 1.165) is 16.0 Å². The van der Waals surface area contributed by atoms with E-state index < -0.39 is 12.1 Å². The van der Waals surface area contributed by atoms with Gasteiger partial charge in [-0.2, -0.15) is 4.98 Å². The van der Waals surface area contributed by atoms with Crippen molar-refractivity contribution in [2.24, 2.45) is 0 Å². The van der Waals surface area contributed by atoms with Gasteiger partial charge in [-0.3, -0.25) is 4.79 Å². The monoisotopic (exact) mass is 373 g/mol. The zero-order valence-electron chi connectivity index (χ0n) is 15.3.